The summed E-state index contributed by atoms with van der Waals surface area (Å²) in [4.78, 5) is 1.91. The molecule has 1 fully saturated rings. The summed E-state index contributed by atoms with van der Waals surface area (Å²) in [5.41, 5.74) is 0. The Morgan fingerprint density at radius 2 is 2.14 bits per heavy atom. The van der Waals surface area contributed by atoms with Gasteiger partial charge in [0, 0.05) is 13.1 Å². The predicted molar refractivity (Wildman–Crippen MR) is 58.2 cm³/mol. The number of piperidine rings is 1. The Morgan fingerprint density at radius 1 is 1.43 bits per heavy atom. The van der Waals surface area contributed by atoms with E-state index in [1.807, 2.05) is 19.0 Å². The first-order chi connectivity index (χ1) is 6.52. The standard InChI is InChI=1S/C9H20N2O2S/c1-11(2)6-7-14(12,13)9-4-3-5-10-8-9/h9-10H,3-8H2,1-2H3. The zero-order valence-corrected chi connectivity index (χ0v) is 9.81. The normalized spacial score (nSPS) is 24.1. The maximum atomic E-state index is 11.8. The topological polar surface area (TPSA) is 49.4 Å². The first-order valence-electron chi connectivity index (χ1n) is 5.09. The second-order valence-corrected chi connectivity index (χ2v) is 6.54. The van der Waals surface area contributed by atoms with Crippen LogP contribution in [0.25, 0.3) is 0 Å². The summed E-state index contributed by atoms with van der Waals surface area (Å²) >= 11 is 0. The van der Waals surface area contributed by atoms with Crippen molar-refractivity contribution >= 4 is 9.84 Å². The lowest BCUT2D eigenvalue weighted by molar-refractivity contribution is 0.428. The Labute approximate surface area is 86.6 Å². The zero-order valence-electron chi connectivity index (χ0n) is 8.99. The van der Waals surface area contributed by atoms with Crippen LogP contribution < -0.4 is 5.32 Å². The van der Waals surface area contributed by atoms with Crippen molar-refractivity contribution in [3.8, 4) is 0 Å². The Kier molecular flexibility index (Phi) is 4.34. The molecule has 1 aliphatic heterocycles. The van der Waals surface area contributed by atoms with Gasteiger partial charge in [0.2, 0.25) is 0 Å². The highest BCUT2D eigenvalue weighted by molar-refractivity contribution is 7.92. The third-order valence-electron chi connectivity index (χ3n) is 2.58. The minimum absolute atomic E-state index is 0.156. The summed E-state index contributed by atoms with van der Waals surface area (Å²) in [7, 11) is 0.912. The average Bonchev–Trinajstić information content (AvgIpc) is 2.16. The molecule has 0 aromatic carbocycles. The maximum Gasteiger partial charge on any atom is 0.155 e. The fraction of sp³-hybridized carbons (Fsp3) is 1.00. The molecule has 1 unspecified atom stereocenters. The van der Waals surface area contributed by atoms with Gasteiger partial charge in [-0.05, 0) is 33.5 Å². The molecule has 1 atom stereocenters. The van der Waals surface area contributed by atoms with Crippen molar-refractivity contribution < 1.29 is 8.42 Å². The monoisotopic (exact) mass is 220 g/mol. The number of nitrogens with zero attached hydrogens (tertiary/aromatic N) is 1. The predicted octanol–water partition coefficient (Wildman–Crippen LogP) is -0.285. The van der Waals surface area contributed by atoms with Crippen molar-refractivity contribution in [1.29, 1.82) is 0 Å². The molecule has 84 valence electrons. The van der Waals surface area contributed by atoms with E-state index in [1.165, 1.54) is 0 Å². The summed E-state index contributed by atoms with van der Waals surface area (Å²) in [5.74, 6) is 0.284. The molecule has 1 aliphatic rings. The molecule has 1 heterocycles. The minimum atomic E-state index is -2.88. The second-order valence-electron chi connectivity index (χ2n) is 4.14. The molecule has 0 aliphatic carbocycles. The van der Waals surface area contributed by atoms with Gasteiger partial charge in [0.15, 0.2) is 9.84 Å². The Hall–Kier alpha value is -0.130. The lowest BCUT2D eigenvalue weighted by Gasteiger charge is -2.23. The lowest BCUT2D eigenvalue weighted by Crippen LogP contribution is -2.41. The molecule has 0 aromatic rings. The molecule has 0 bridgehead atoms. The molecule has 5 heteroatoms. The SMILES string of the molecule is CN(C)CCS(=O)(=O)C1CCCNC1. The molecule has 0 amide bonds. The van der Waals surface area contributed by atoms with Gasteiger partial charge < -0.3 is 10.2 Å². The van der Waals surface area contributed by atoms with Crippen LogP contribution in [0.4, 0.5) is 0 Å². The van der Waals surface area contributed by atoms with E-state index in [-0.39, 0.29) is 11.0 Å². The summed E-state index contributed by atoms with van der Waals surface area (Å²) in [6.07, 6.45) is 1.80. The van der Waals surface area contributed by atoms with Crippen LogP contribution in [0.3, 0.4) is 0 Å². The number of rotatable bonds is 4. The average molecular weight is 220 g/mol. The number of nitrogens with one attached hydrogen (secondary N) is 1. The summed E-state index contributed by atoms with van der Waals surface area (Å²) < 4.78 is 23.6. The Morgan fingerprint density at radius 3 is 2.64 bits per heavy atom. The van der Waals surface area contributed by atoms with Crippen LogP contribution in [0.5, 0.6) is 0 Å². The quantitative estimate of drug-likeness (QED) is 0.707. The van der Waals surface area contributed by atoms with Gasteiger partial charge in [-0.3, -0.25) is 0 Å². The second kappa shape index (κ2) is 5.09. The van der Waals surface area contributed by atoms with Crippen LogP contribution in [0.2, 0.25) is 0 Å². The summed E-state index contributed by atoms with van der Waals surface area (Å²) in [6, 6.07) is 0. The first-order valence-corrected chi connectivity index (χ1v) is 6.81. The van der Waals surface area contributed by atoms with E-state index in [0.717, 1.165) is 19.4 Å². The minimum Gasteiger partial charge on any atom is -0.315 e. The van der Waals surface area contributed by atoms with Crippen LogP contribution in [-0.4, -0.2) is 58.1 Å². The molecule has 1 saturated heterocycles. The molecule has 0 radical (unpaired) electrons. The van der Waals surface area contributed by atoms with Crippen LogP contribution >= 0.6 is 0 Å². The van der Waals surface area contributed by atoms with Crippen molar-refractivity contribution in [3.63, 3.8) is 0 Å². The van der Waals surface area contributed by atoms with Gasteiger partial charge in [-0.2, -0.15) is 0 Å². The van der Waals surface area contributed by atoms with E-state index in [2.05, 4.69) is 5.32 Å². The van der Waals surface area contributed by atoms with Gasteiger partial charge in [-0.1, -0.05) is 0 Å². The fourth-order valence-corrected chi connectivity index (χ4v) is 3.45. The van der Waals surface area contributed by atoms with Crippen molar-refractivity contribution in [2.24, 2.45) is 0 Å². The van der Waals surface area contributed by atoms with Crippen molar-refractivity contribution in [2.75, 3.05) is 39.5 Å². The van der Waals surface area contributed by atoms with Gasteiger partial charge in [0.1, 0.15) is 0 Å². The van der Waals surface area contributed by atoms with Crippen molar-refractivity contribution in [3.05, 3.63) is 0 Å². The van der Waals surface area contributed by atoms with Gasteiger partial charge in [-0.15, -0.1) is 0 Å². The zero-order chi connectivity index (χ0) is 10.6. The van der Waals surface area contributed by atoms with Crippen LogP contribution in [-0.2, 0) is 9.84 Å². The van der Waals surface area contributed by atoms with E-state index >= 15 is 0 Å². The Bertz CT molecular complexity index is 256. The van der Waals surface area contributed by atoms with Gasteiger partial charge >= 0.3 is 0 Å². The van der Waals surface area contributed by atoms with Crippen LogP contribution in [0, 0.1) is 0 Å². The van der Waals surface area contributed by atoms with Crippen LogP contribution in [0.15, 0.2) is 0 Å². The number of sulfone groups is 1. The van der Waals surface area contributed by atoms with Gasteiger partial charge in [0.25, 0.3) is 0 Å². The Balaban J connectivity index is 2.46. The van der Waals surface area contributed by atoms with Gasteiger partial charge in [0.05, 0.1) is 11.0 Å². The molecular formula is C9H20N2O2S. The fourth-order valence-electron chi connectivity index (χ4n) is 1.60. The van der Waals surface area contributed by atoms with E-state index in [0.29, 0.717) is 13.1 Å². The number of hydrogen-bond donors (Lipinski definition) is 1. The summed E-state index contributed by atoms with van der Waals surface area (Å²) in [5, 5.41) is 2.98. The molecular weight excluding hydrogens is 200 g/mol. The highest BCUT2D eigenvalue weighted by atomic mass is 32.2. The summed E-state index contributed by atoms with van der Waals surface area (Å²) in [6.45, 7) is 2.22. The molecule has 1 rings (SSSR count). The number of hydrogen-bond acceptors (Lipinski definition) is 4. The van der Waals surface area contributed by atoms with E-state index in [4.69, 9.17) is 0 Å². The molecule has 14 heavy (non-hydrogen) atoms. The third-order valence-corrected chi connectivity index (χ3v) is 4.75. The lowest BCUT2D eigenvalue weighted by atomic mass is 10.2. The smallest absolute Gasteiger partial charge is 0.155 e. The molecule has 4 nitrogen and oxygen atoms in total. The van der Waals surface area contributed by atoms with E-state index in [9.17, 15) is 8.42 Å². The van der Waals surface area contributed by atoms with E-state index in [1.54, 1.807) is 0 Å². The maximum absolute atomic E-state index is 11.8. The van der Waals surface area contributed by atoms with Crippen molar-refractivity contribution in [1.82, 2.24) is 10.2 Å². The van der Waals surface area contributed by atoms with Crippen molar-refractivity contribution in [2.45, 2.75) is 18.1 Å². The molecule has 0 spiro atoms. The third kappa shape index (κ3) is 3.55. The molecule has 0 saturated carbocycles. The van der Waals surface area contributed by atoms with E-state index < -0.39 is 9.84 Å². The highest BCUT2D eigenvalue weighted by Crippen LogP contribution is 2.12. The van der Waals surface area contributed by atoms with Gasteiger partial charge in [-0.25, -0.2) is 8.42 Å². The van der Waals surface area contributed by atoms with Crippen LogP contribution in [0.1, 0.15) is 12.8 Å². The highest BCUT2D eigenvalue weighted by Gasteiger charge is 2.26. The molecule has 1 N–H and O–H groups in total. The molecule has 0 aromatic heterocycles. The first kappa shape index (κ1) is 11.9. The largest absolute Gasteiger partial charge is 0.315 e.